The number of nitrogens with one attached hydrogen (secondary N) is 1. The third-order valence-electron chi connectivity index (χ3n) is 4.87. The Morgan fingerprint density at radius 3 is 2.06 bits per heavy atom. The summed E-state index contributed by atoms with van der Waals surface area (Å²) in [6.07, 6.45) is 0.0951. The number of nitrogens with zero attached hydrogens (tertiary/aromatic N) is 1. The number of hydrogen-bond donors (Lipinski definition) is 2. The Labute approximate surface area is 198 Å². The Morgan fingerprint density at radius 2 is 1.48 bits per heavy atom. The molecular weight excluding hydrogens is 462 g/mol. The number of anilines is 1. The molecule has 3 N–H and O–H groups in total. The molecule has 0 saturated heterocycles. The van der Waals surface area contributed by atoms with Crippen LogP contribution in [0.3, 0.4) is 0 Å². The number of benzene rings is 3. The molecule has 7 nitrogen and oxygen atoms in total. The molecule has 3 rings (SSSR count). The molecule has 0 aromatic heterocycles. The van der Waals surface area contributed by atoms with Crippen LogP contribution in [-0.4, -0.2) is 31.1 Å². The van der Waals surface area contributed by atoms with Crippen molar-refractivity contribution in [1.29, 1.82) is 0 Å². The third kappa shape index (κ3) is 6.89. The van der Waals surface area contributed by atoms with Gasteiger partial charge in [0.15, 0.2) is 0 Å². The number of halogens is 1. The van der Waals surface area contributed by atoms with Gasteiger partial charge in [0, 0.05) is 17.3 Å². The number of sulfonamides is 1. The van der Waals surface area contributed by atoms with E-state index in [2.05, 4.69) is 5.32 Å². The zero-order chi connectivity index (χ0) is 24.0. The maximum Gasteiger partial charge on any atom is 0.243 e. The van der Waals surface area contributed by atoms with Crippen LogP contribution in [0, 0.1) is 6.92 Å². The number of amides is 2. The molecule has 0 spiro atoms. The van der Waals surface area contributed by atoms with Gasteiger partial charge in [0.2, 0.25) is 21.8 Å². The average molecular weight is 486 g/mol. The first kappa shape index (κ1) is 24.4. The van der Waals surface area contributed by atoms with Gasteiger partial charge in [-0.2, -0.15) is 4.31 Å². The van der Waals surface area contributed by atoms with Gasteiger partial charge >= 0.3 is 0 Å². The zero-order valence-electron chi connectivity index (χ0n) is 18.0. The first-order valence-electron chi connectivity index (χ1n) is 10.1. The zero-order valence-corrected chi connectivity index (χ0v) is 19.6. The fourth-order valence-corrected chi connectivity index (χ4v) is 4.66. The summed E-state index contributed by atoms with van der Waals surface area (Å²) in [7, 11) is -3.97. The van der Waals surface area contributed by atoms with Crippen LogP contribution in [0.1, 0.15) is 16.7 Å². The van der Waals surface area contributed by atoms with E-state index in [-0.39, 0.29) is 24.4 Å². The van der Waals surface area contributed by atoms with E-state index in [1.165, 1.54) is 24.3 Å². The molecule has 2 amide bonds. The lowest BCUT2D eigenvalue weighted by molar-refractivity contribution is -0.117. The molecule has 0 atom stereocenters. The van der Waals surface area contributed by atoms with Crippen molar-refractivity contribution in [1.82, 2.24) is 4.31 Å². The van der Waals surface area contributed by atoms with Crippen LogP contribution in [0.2, 0.25) is 5.02 Å². The summed E-state index contributed by atoms with van der Waals surface area (Å²) in [6.45, 7) is 1.58. The molecule has 172 valence electrons. The summed E-state index contributed by atoms with van der Waals surface area (Å²) in [5, 5.41) is 3.11. The molecule has 3 aromatic carbocycles. The second-order valence-corrected chi connectivity index (χ2v) is 9.98. The minimum Gasteiger partial charge on any atom is -0.369 e. The quantitative estimate of drug-likeness (QED) is 0.483. The standard InChI is InChI=1S/C24H24ClN3O4S/c1-17-2-4-19(5-3-17)15-28(33(31,32)22-12-8-20(25)9-13-22)16-24(30)27-21-10-6-18(7-11-21)14-23(26)29/h2-13H,14-16H2,1H3,(H2,26,29)(H,27,30). The molecule has 3 aromatic rings. The van der Waals surface area contributed by atoms with Gasteiger partial charge in [-0.1, -0.05) is 53.6 Å². The number of carbonyl (C=O) groups is 2. The molecule has 0 aliphatic carbocycles. The number of nitrogens with two attached hydrogens (primary N) is 1. The van der Waals surface area contributed by atoms with Crippen LogP contribution >= 0.6 is 11.6 Å². The second-order valence-electron chi connectivity index (χ2n) is 7.60. The minimum atomic E-state index is -3.97. The van der Waals surface area contributed by atoms with Crippen molar-refractivity contribution >= 4 is 39.1 Å². The molecule has 0 radical (unpaired) electrons. The molecule has 0 aliphatic rings. The van der Waals surface area contributed by atoms with Gasteiger partial charge in [0.05, 0.1) is 17.9 Å². The van der Waals surface area contributed by atoms with Crippen molar-refractivity contribution in [2.45, 2.75) is 24.8 Å². The highest BCUT2D eigenvalue weighted by molar-refractivity contribution is 7.89. The normalized spacial score (nSPS) is 11.4. The molecule has 0 bridgehead atoms. The predicted octanol–water partition coefficient (Wildman–Crippen LogP) is 3.51. The van der Waals surface area contributed by atoms with Crippen LogP contribution in [0.25, 0.3) is 0 Å². The summed E-state index contributed by atoms with van der Waals surface area (Å²) >= 11 is 5.90. The van der Waals surface area contributed by atoms with Crippen molar-refractivity contribution in [3.63, 3.8) is 0 Å². The predicted molar refractivity (Wildman–Crippen MR) is 128 cm³/mol. The second kappa shape index (κ2) is 10.6. The van der Waals surface area contributed by atoms with Crippen molar-refractivity contribution in [3.05, 3.63) is 94.5 Å². The highest BCUT2D eigenvalue weighted by Gasteiger charge is 2.27. The van der Waals surface area contributed by atoms with Gasteiger partial charge in [0.1, 0.15) is 0 Å². The Bertz CT molecular complexity index is 1230. The molecular formula is C24H24ClN3O4S. The molecule has 0 aliphatic heterocycles. The number of primary amides is 1. The van der Waals surface area contributed by atoms with Crippen molar-refractivity contribution in [3.8, 4) is 0 Å². The molecule has 9 heteroatoms. The fraction of sp³-hybridized carbons (Fsp3) is 0.167. The number of hydrogen-bond acceptors (Lipinski definition) is 4. The maximum atomic E-state index is 13.3. The van der Waals surface area contributed by atoms with E-state index in [9.17, 15) is 18.0 Å². The highest BCUT2D eigenvalue weighted by atomic mass is 35.5. The first-order chi connectivity index (χ1) is 15.6. The maximum absolute atomic E-state index is 13.3. The van der Waals surface area contributed by atoms with E-state index in [0.29, 0.717) is 16.3 Å². The van der Waals surface area contributed by atoms with E-state index < -0.39 is 21.8 Å². The monoisotopic (exact) mass is 485 g/mol. The highest BCUT2D eigenvalue weighted by Crippen LogP contribution is 2.21. The summed E-state index contributed by atoms with van der Waals surface area (Å²) in [6, 6.07) is 19.9. The lowest BCUT2D eigenvalue weighted by Gasteiger charge is -2.22. The van der Waals surface area contributed by atoms with Crippen LogP contribution < -0.4 is 11.1 Å². The van der Waals surface area contributed by atoms with Crippen molar-refractivity contribution in [2.75, 3.05) is 11.9 Å². The molecule has 0 unspecified atom stereocenters. The van der Waals surface area contributed by atoms with Crippen LogP contribution in [0.5, 0.6) is 0 Å². The summed E-state index contributed by atoms with van der Waals surface area (Å²) in [5.74, 6) is -0.951. The van der Waals surface area contributed by atoms with E-state index in [1.54, 1.807) is 24.3 Å². The lowest BCUT2D eigenvalue weighted by atomic mass is 10.1. The third-order valence-corrected chi connectivity index (χ3v) is 6.92. The van der Waals surface area contributed by atoms with Gasteiger partial charge in [-0.25, -0.2) is 8.42 Å². The molecule has 0 heterocycles. The van der Waals surface area contributed by atoms with E-state index in [1.807, 2.05) is 31.2 Å². The minimum absolute atomic E-state index is 0.0240. The largest absolute Gasteiger partial charge is 0.369 e. The topological polar surface area (TPSA) is 110 Å². The Hall–Kier alpha value is -3.20. The average Bonchev–Trinajstić information content (AvgIpc) is 2.76. The smallest absolute Gasteiger partial charge is 0.243 e. The SMILES string of the molecule is Cc1ccc(CN(CC(=O)Nc2ccc(CC(N)=O)cc2)S(=O)(=O)c2ccc(Cl)cc2)cc1. The Morgan fingerprint density at radius 1 is 0.909 bits per heavy atom. The molecule has 33 heavy (non-hydrogen) atoms. The van der Waals surface area contributed by atoms with Crippen LogP contribution in [0.4, 0.5) is 5.69 Å². The number of aryl methyl sites for hydroxylation is 1. The molecule has 0 saturated carbocycles. The van der Waals surface area contributed by atoms with Gasteiger partial charge in [-0.3, -0.25) is 9.59 Å². The summed E-state index contributed by atoms with van der Waals surface area (Å²) in [4.78, 5) is 23.8. The first-order valence-corrected chi connectivity index (χ1v) is 11.9. The van der Waals surface area contributed by atoms with Gasteiger partial charge in [0.25, 0.3) is 0 Å². The van der Waals surface area contributed by atoms with Crippen molar-refractivity contribution in [2.24, 2.45) is 5.73 Å². The van der Waals surface area contributed by atoms with Gasteiger partial charge < -0.3 is 11.1 Å². The summed E-state index contributed by atoms with van der Waals surface area (Å²) in [5.41, 5.74) is 8.18. The number of carbonyl (C=O) groups excluding carboxylic acids is 2. The van der Waals surface area contributed by atoms with Crippen LogP contribution in [0.15, 0.2) is 77.7 Å². The Balaban J connectivity index is 1.81. The van der Waals surface area contributed by atoms with Crippen LogP contribution in [-0.2, 0) is 32.6 Å². The lowest BCUT2D eigenvalue weighted by Crippen LogP contribution is -2.37. The van der Waals surface area contributed by atoms with E-state index >= 15 is 0 Å². The summed E-state index contributed by atoms with van der Waals surface area (Å²) < 4.78 is 27.7. The van der Waals surface area contributed by atoms with E-state index in [0.717, 1.165) is 15.4 Å². The molecule has 0 fully saturated rings. The Kier molecular flexibility index (Phi) is 7.86. The van der Waals surface area contributed by atoms with E-state index in [4.69, 9.17) is 17.3 Å². The van der Waals surface area contributed by atoms with Crippen molar-refractivity contribution < 1.29 is 18.0 Å². The fourth-order valence-electron chi connectivity index (χ4n) is 3.15. The van der Waals surface area contributed by atoms with Gasteiger partial charge in [-0.15, -0.1) is 0 Å². The van der Waals surface area contributed by atoms with Gasteiger partial charge in [-0.05, 0) is 54.4 Å². The number of rotatable bonds is 9.